The molecule has 1 aliphatic rings. The standard InChI is InChI=1S/C25H26N4O5S/c1-2-34-25(31)23-21(18-6-4-3-5-7-18)17-35-24(23)26-22(30)16-27-12-14-28(15-13-27)19-8-10-20(11-9-19)29(32)33/h3-11,17H,2,12-16H2,1H3,(H,26,30). The molecule has 9 nitrogen and oxygen atoms in total. The molecule has 1 fully saturated rings. The van der Waals surface area contributed by atoms with E-state index in [1.807, 2.05) is 40.6 Å². The fraction of sp³-hybridized carbons (Fsp3) is 0.280. The van der Waals surface area contributed by atoms with Gasteiger partial charge < -0.3 is 15.0 Å². The Morgan fingerprint density at radius 1 is 1.06 bits per heavy atom. The third-order valence-corrected chi connectivity index (χ3v) is 6.67. The number of nitro groups is 1. The van der Waals surface area contributed by atoms with Crippen LogP contribution >= 0.6 is 11.3 Å². The van der Waals surface area contributed by atoms with Crippen molar-refractivity contribution in [3.05, 3.63) is 75.7 Å². The van der Waals surface area contributed by atoms with Crippen molar-refractivity contribution in [3.8, 4) is 11.1 Å². The number of esters is 1. The van der Waals surface area contributed by atoms with E-state index in [4.69, 9.17) is 4.74 Å². The van der Waals surface area contributed by atoms with E-state index in [2.05, 4.69) is 10.2 Å². The molecule has 0 radical (unpaired) electrons. The van der Waals surface area contributed by atoms with Crippen molar-refractivity contribution >= 4 is 39.6 Å². The van der Waals surface area contributed by atoms with Crippen LogP contribution in [0.1, 0.15) is 17.3 Å². The highest BCUT2D eigenvalue weighted by atomic mass is 32.1. The Morgan fingerprint density at radius 2 is 1.74 bits per heavy atom. The number of nitrogens with one attached hydrogen (secondary N) is 1. The van der Waals surface area contributed by atoms with E-state index in [0.29, 0.717) is 36.7 Å². The maximum atomic E-state index is 12.8. The molecule has 182 valence electrons. The minimum absolute atomic E-state index is 0.0650. The molecule has 0 saturated carbocycles. The molecule has 1 aromatic heterocycles. The highest BCUT2D eigenvalue weighted by molar-refractivity contribution is 7.15. The van der Waals surface area contributed by atoms with Crippen LogP contribution in [0.15, 0.2) is 60.0 Å². The summed E-state index contributed by atoms with van der Waals surface area (Å²) < 4.78 is 5.26. The maximum absolute atomic E-state index is 12.8. The molecule has 35 heavy (non-hydrogen) atoms. The van der Waals surface area contributed by atoms with Crippen molar-refractivity contribution < 1.29 is 19.2 Å². The summed E-state index contributed by atoms with van der Waals surface area (Å²) in [6.07, 6.45) is 0. The molecule has 1 N–H and O–H groups in total. The number of anilines is 2. The van der Waals surface area contributed by atoms with E-state index in [0.717, 1.165) is 16.8 Å². The first-order valence-electron chi connectivity index (χ1n) is 11.3. The van der Waals surface area contributed by atoms with Crippen LogP contribution in [0.4, 0.5) is 16.4 Å². The number of nitrogens with zero attached hydrogens (tertiary/aromatic N) is 3. The Balaban J connectivity index is 1.38. The van der Waals surface area contributed by atoms with Gasteiger partial charge in [-0.25, -0.2) is 4.79 Å². The Bertz CT molecular complexity index is 1190. The van der Waals surface area contributed by atoms with Crippen molar-refractivity contribution in [2.24, 2.45) is 0 Å². The lowest BCUT2D eigenvalue weighted by Crippen LogP contribution is -2.48. The maximum Gasteiger partial charge on any atom is 0.341 e. The van der Waals surface area contributed by atoms with Gasteiger partial charge in [-0.1, -0.05) is 30.3 Å². The van der Waals surface area contributed by atoms with Crippen molar-refractivity contribution in [3.63, 3.8) is 0 Å². The van der Waals surface area contributed by atoms with Crippen LogP contribution in [0, 0.1) is 10.1 Å². The van der Waals surface area contributed by atoms with Crippen LogP contribution in [-0.2, 0) is 9.53 Å². The number of hydrogen-bond donors (Lipinski definition) is 1. The number of ether oxygens (including phenoxy) is 1. The average molecular weight is 495 g/mol. The number of piperazine rings is 1. The molecular weight excluding hydrogens is 468 g/mol. The molecule has 0 atom stereocenters. The number of amides is 1. The molecule has 0 bridgehead atoms. The third-order valence-electron chi connectivity index (χ3n) is 5.77. The topological polar surface area (TPSA) is 105 Å². The lowest BCUT2D eigenvalue weighted by Gasteiger charge is -2.35. The first kappa shape index (κ1) is 24.4. The van der Waals surface area contributed by atoms with E-state index >= 15 is 0 Å². The van der Waals surface area contributed by atoms with Gasteiger partial charge in [0.15, 0.2) is 0 Å². The van der Waals surface area contributed by atoms with Crippen LogP contribution in [0.3, 0.4) is 0 Å². The lowest BCUT2D eigenvalue weighted by molar-refractivity contribution is -0.384. The highest BCUT2D eigenvalue weighted by Crippen LogP contribution is 2.36. The molecule has 1 saturated heterocycles. The zero-order valence-electron chi connectivity index (χ0n) is 19.3. The van der Waals surface area contributed by atoms with Crippen molar-refractivity contribution in [2.75, 3.05) is 49.5 Å². The number of carbonyl (C=O) groups is 2. The molecule has 1 amide bonds. The van der Waals surface area contributed by atoms with E-state index in [1.165, 1.54) is 23.5 Å². The summed E-state index contributed by atoms with van der Waals surface area (Å²) in [4.78, 5) is 40.2. The number of benzene rings is 2. The summed E-state index contributed by atoms with van der Waals surface area (Å²) in [5.41, 5.74) is 2.98. The Labute approximate surface area is 207 Å². The predicted octanol–water partition coefficient (Wildman–Crippen LogP) is 4.26. The number of hydrogen-bond acceptors (Lipinski definition) is 8. The molecule has 2 heterocycles. The first-order chi connectivity index (χ1) is 17.0. The summed E-state index contributed by atoms with van der Waals surface area (Å²) in [5.74, 6) is -0.652. The number of non-ortho nitro benzene ring substituents is 1. The van der Waals surface area contributed by atoms with Gasteiger partial charge >= 0.3 is 5.97 Å². The van der Waals surface area contributed by atoms with E-state index in [1.54, 1.807) is 19.1 Å². The second-order valence-electron chi connectivity index (χ2n) is 8.02. The zero-order chi connectivity index (χ0) is 24.8. The summed E-state index contributed by atoms with van der Waals surface area (Å²) in [6, 6.07) is 16.0. The van der Waals surface area contributed by atoms with Gasteiger partial charge in [-0.2, -0.15) is 0 Å². The fourth-order valence-electron chi connectivity index (χ4n) is 4.00. The van der Waals surface area contributed by atoms with Crippen LogP contribution in [-0.4, -0.2) is 61.0 Å². The van der Waals surface area contributed by atoms with Crippen molar-refractivity contribution in [2.45, 2.75) is 6.92 Å². The predicted molar refractivity (Wildman–Crippen MR) is 136 cm³/mol. The SMILES string of the molecule is CCOC(=O)c1c(-c2ccccc2)csc1NC(=O)CN1CCN(c2ccc([N+](=O)[O-])cc2)CC1. The largest absolute Gasteiger partial charge is 0.462 e. The van der Waals surface area contributed by atoms with Gasteiger partial charge in [-0.05, 0) is 24.6 Å². The van der Waals surface area contributed by atoms with Crippen LogP contribution in [0.25, 0.3) is 11.1 Å². The molecule has 3 aromatic rings. The average Bonchev–Trinajstić information content (AvgIpc) is 3.28. The van der Waals surface area contributed by atoms with E-state index < -0.39 is 10.9 Å². The van der Waals surface area contributed by atoms with E-state index in [9.17, 15) is 19.7 Å². The Kier molecular flexibility index (Phi) is 7.74. The van der Waals surface area contributed by atoms with Crippen molar-refractivity contribution in [1.29, 1.82) is 0 Å². The molecule has 0 unspecified atom stereocenters. The second-order valence-corrected chi connectivity index (χ2v) is 8.90. The van der Waals surface area contributed by atoms with Gasteiger partial charge in [0, 0.05) is 54.9 Å². The van der Waals surface area contributed by atoms with Crippen molar-refractivity contribution in [1.82, 2.24) is 4.90 Å². The molecule has 10 heteroatoms. The van der Waals surface area contributed by atoms with Gasteiger partial charge in [0.25, 0.3) is 5.69 Å². The summed E-state index contributed by atoms with van der Waals surface area (Å²) in [5, 5.41) is 16.1. The van der Waals surface area contributed by atoms with Gasteiger partial charge in [0.2, 0.25) is 5.91 Å². The number of thiophene rings is 1. The minimum Gasteiger partial charge on any atom is -0.462 e. The van der Waals surface area contributed by atoms with E-state index in [-0.39, 0.29) is 24.7 Å². The highest BCUT2D eigenvalue weighted by Gasteiger charge is 2.24. The molecule has 2 aromatic carbocycles. The van der Waals surface area contributed by atoms with Crippen LogP contribution < -0.4 is 10.2 Å². The Hall–Kier alpha value is -3.76. The lowest BCUT2D eigenvalue weighted by atomic mass is 10.0. The van der Waals surface area contributed by atoms with Gasteiger partial charge in [-0.15, -0.1) is 11.3 Å². The number of carbonyl (C=O) groups excluding carboxylic acids is 2. The number of rotatable bonds is 8. The minimum atomic E-state index is -0.459. The monoisotopic (exact) mass is 494 g/mol. The van der Waals surface area contributed by atoms with Gasteiger partial charge in [0.1, 0.15) is 10.6 Å². The van der Waals surface area contributed by atoms with Crippen LogP contribution in [0.2, 0.25) is 0 Å². The molecule has 0 spiro atoms. The molecule has 4 rings (SSSR count). The first-order valence-corrected chi connectivity index (χ1v) is 12.2. The molecule has 1 aliphatic heterocycles. The molecular formula is C25H26N4O5S. The number of nitro benzene ring substituents is 1. The van der Waals surface area contributed by atoms with Crippen LogP contribution in [0.5, 0.6) is 0 Å². The zero-order valence-corrected chi connectivity index (χ0v) is 20.1. The normalized spacial score (nSPS) is 13.9. The fourth-order valence-corrected chi connectivity index (χ4v) is 4.98. The quantitative estimate of drug-likeness (QED) is 0.283. The van der Waals surface area contributed by atoms with Gasteiger partial charge in [0.05, 0.1) is 18.1 Å². The third kappa shape index (κ3) is 5.84. The second kappa shape index (κ2) is 11.1. The summed E-state index contributed by atoms with van der Waals surface area (Å²) in [7, 11) is 0. The summed E-state index contributed by atoms with van der Waals surface area (Å²) >= 11 is 1.31. The molecule has 0 aliphatic carbocycles. The smallest absolute Gasteiger partial charge is 0.341 e. The Morgan fingerprint density at radius 3 is 2.37 bits per heavy atom. The summed E-state index contributed by atoms with van der Waals surface area (Å²) in [6.45, 7) is 4.96. The van der Waals surface area contributed by atoms with Gasteiger partial charge in [-0.3, -0.25) is 19.8 Å².